The second kappa shape index (κ2) is 8.19. The third-order valence-electron chi connectivity index (χ3n) is 6.02. The van der Waals surface area contributed by atoms with Gasteiger partial charge in [-0.2, -0.15) is 0 Å². The first-order valence-corrected chi connectivity index (χ1v) is 10.7. The molecule has 0 bridgehead atoms. The summed E-state index contributed by atoms with van der Waals surface area (Å²) in [6, 6.07) is 16.5. The quantitative estimate of drug-likeness (QED) is 0.398. The van der Waals surface area contributed by atoms with Gasteiger partial charge in [0.05, 0.1) is 6.42 Å². The van der Waals surface area contributed by atoms with E-state index in [1.807, 2.05) is 24.3 Å². The highest BCUT2D eigenvalue weighted by molar-refractivity contribution is 5.81. The Hall–Kier alpha value is -3.54. The fraction of sp³-hybridized carbons (Fsp3) is 0.231. The van der Waals surface area contributed by atoms with E-state index in [1.54, 1.807) is 30.0 Å². The van der Waals surface area contributed by atoms with Gasteiger partial charge in [-0.25, -0.2) is 13.8 Å². The van der Waals surface area contributed by atoms with E-state index in [2.05, 4.69) is 4.98 Å². The lowest BCUT2D eigenvalue weighted by Gasteiger charge is -2.22. The molecule has 1 saturated heterocycles. The first kappa shape index (κ1) is 20.4. The van der Waals surface area contributed by atoms with Crippen LogP contribution in [0.15, 0.2) is 65.1 Å². The second-order valence-electron chi connectivity index (χ2n) is 8.25. The summed E-state index contributed by atoms with van der Waals surface area (Å²) in [6.45, 7) is 2.38. The first-order chi connectivity index (χ1) is 15.5. The number of carbonyl (C=O) groups is 1. The lowest BCUT2D eigenvalue weighted by atomic mass is 10.0. The number of hydrogen-bond donors (Lipinski definition) is 0. The summed E-state index contributed by atoms with van der Waals surface area (Å²) in [5.74, 6) is -0.0479. The highest BCUT2D eigenvalue weighted by Crippen LogP contribution is 2.35. The van der Waals surface area contributed by atoms with Crippen LogP contribution < -0.4 is 0 Å². The number of aryl methyl sites for hydroxylation is 1. The van der Waals surface area contributed by atoms with E-state index in [-0.39, 0.29) is 30.0 Å². The van der Waals surface area contributed by atoms with Crippen molar-refractivity contribution in [3.05, 3.63) is 89.3 Å². The van der Waals surface area contributed by atoms with Crippen LogP contribution in [0.1, 0.15) is 35.9 Å². The zero-order valence-corrected chi connectivity index (χ0v) is 17.6. The number of halogens is 2. The highest BCUT2D eigenvalue weighted by Gasteiger charge is 2.33. The predicted molar refractivity (Wildman–Crippen MR) is 118 cm³/mol. The van der Waals surface area contributed by atoms with Crippen molar-refractivity contribution in [3.63, 3.8) is 0 Å². The van der Waals surface area contributed by atoms with Crippen LogP contribution >= 0.6 is 0 Å². The van der Waals surface area contributed by atoms with Crippen molar-refractivity contribution in [2.75, 3.05) is 6.54 Å². The van der Waals surface area contributed by atoms with Gasteiger partial charge in [0.25, 0.3) is 0 Å². The summed E-state index contributed by atoms with van der Waals surface area (Å²) in [4.78, 5) is 19.4. The molecule has 0 spiro atoms. The fourth-order valence-corrected chi connectivity index (χ4v) is 4.29. The number of aromatic nitrogens is 1. The van der Waals surface area contributed by atoms with E-state index in [9.17, 15) is 13.6 Å². The van der Waals surface area contributed by atoms with E-state index < -0.39 is 0 Å². The lowest BCUT2D eigenvalue weighted by Crippen LogP contribution is -2.32. The molecule has 3 aromatic carbocycles. The monoisotopic (exact) mass is 432 g/mol. The van der Waals surface area contributed by atoms with Crippen molar-refractivity contribution in [1.29, 1.82) is 0 Å². The van der Waals surface area contributed by atoms with Crippen LogP contribution in [0.5, 0.6) is 0 Å². The molecule has 4 aromatic rings. The zero-order chi connectivity index (χ0) is 22.2. The van der Waals surface area contributed by atoms with Gasteiger partial charge in [0.2, 0.25) is 11.8 Å². The molecule has 6 heteroatoms. The Morgan fingerprint density at radius 3 is 2.59 bits per heavy atom. The SMILES string of the molecule is Cc1cc(-c2ccc3oc([C@@H]4CCCN4C(=O)Cc4ccc(F)cc4)nc3c2)ccc1F. The lowest BCUT2D eigenvalue weighted by molar-refractivity contribution is -0.131. The van der Waals surface area contributed by atoms with E-state index >= 15 is 0 Å². The standard InChI is InChI=1S/C26H22F2N2O2/c1-16-13-18(6-10-21(16)28)19-7-11-24-22(15-19)29-26(32-24)23-3-2-12-30(23)25(31)14-17-4-8-20(27)9-5-17/h4-11,13,15,23H,2-3,12,14H2,1H3/t23-/m0/s1. The number of amides is 1. The number of rotatable bonds is 4. The van der Waals surface area contributed by atoms with E-state index in [4.69, 9.17) is 4.42 Å². The molecule has 0 saturated carbocycles. The Morgan fingerprint density at radius 1 is 1.06 bits per heavy atom. The van der Waals surface area contributed by atoms with Crippen molar-refractivity contribution in [3.8, 4) is 11.1 Å². The van der Waals surface area contributed by atoms with E-state index in [1.165, 1.54) is 18.2 Å². The molecule has 1 aliphatic rings. The van der Waals surface area contributed by atoms with Gasteiger partial charge in [0.15, 0.2) is 5.58 Å². The van der Waals surface area contributed by atoms with Crippen molar-refractivity contribution in [1.82, 2.24) is 9.88 Å². The molecule has 2 heterocycles. The summed E-state index contributed by atoms with van der Waals surface area (Å²) >= 11 is 0. The van der Waals surface area contributed by atoms with E-state index in [0.717, 1.165) is 29.5 Å². The Balaban J connectivity index is 1.40. The third kappa shape index (κ3) is 3.88. The van der Waals surface area contributed by atoms with Gasteiger partial charge in [-0.3, -0.25) is 4.79 Å². The summed E-state index contributed by atoms with van der Waals surface area (Å²) < 4.78 is 32.8. The Morgan fingerprint density at radius 2 is 1.81 bits per heavy atom. The third-order valence-corrected chi connectivity index (χ3v) is 6.02. The molecule has 32 heavy (non-hydrogen) atoms. The second-order valence-corrected chi connectivity index (χ2v) is 8.25. The topological polar surface area (TPSA) is 46.3 Å². The smallest absolute Gasteiger partial charge is 0.227 e. The number of oxazole rings is 1. The molecule has 4 nitrogen and oxygen atoms in total. The van der Waals surface area contributed by atoms with Crippen molar-refractivity contribution in [2.24, 2.45) is 0 Å². The molecule has 1 aromatic heterocycles. The number of fused-ring (bicyclic) bond motifs is 1. The summed E-state index contributed by atoms with van der Waals surface area (Å²) in [5, 5.41) is 0. The van der Waals surface area contributed by atoms with Crippen LogP contribution in [0.4, 0.5) is 8.78 Å². The highest BCUT2D eigenvalue weighted by atomic mass is 19.1. The molecular weight excluding hydrogens is 410 g/mol. The first-order valence-electron chi connectivity index (χ1n) is 10.7. The Kier molecular flexibility index (Phi) is 5.21. The molecule has 0 unspecified atom stereocenters. The number of benzene rings is 3. The van der Waals surface area contributed by atoms with Gasteiger partial charge in [0.1, 0.15) is 23.2 Å². The molecule has 162 valence electrons. The van der Waals surface area contributed by atoms with Gasteiger partial charge < -0.3 is 9.32 Å². The van der Waals surface area contributed by atoms with Crippen LogP contribution in [-0.2, 0) is 11.2 Å². The molecule has 0 radical (unpaired) electrons. The molecule has 1 fully saturated rings. The van der Waals surface area contributed by atoms with Gasteiger partial charge >= 0.3 is 0 Å². The van der Waals surface area contributed by atoms with Gasteiger partial charge in [0, 0.05) is 6.54 Å². The maximum Gasteiger partial charge on any atom is 0.227 e. The van der Waals surface area contributed by atoms with Crippen molar-refractivity contribution in [2.45, 2.75) is 32.2 Å². The molecule has 0 aliphatic carbocycles. The molecular formula is C26H22F2N2O2. The minimum absolute atomic E-state index is 0.0242. The van der Waals surface area contributed by atoms with Crippen molar-refractivity contribution < 1.29 is 18.0 Å². The Bertz CT molecular complexity index is 1300. The predicted octanol–water partition coefficient (Wildman–Crippen LogP) is 5.99. The molecule has 1 atom stereocenters. The average Bonchev–Trinajstić information content (AvgIpc) is 3.43. The summed E-state index contributed by atoms with van der Waals surface area (Å²) in [7, 11) is 0. The fourth-order valence-electron chi connectivity index (χ4n) is 4.29. The minimum Gasteiger partial charge on any atom is -0.438 e. The van der Waals surface area contributed by atoms with Crippen LogP contribution in [0.3, 0.4) is 0 Å². The summed E-state index contributed by atoms with van der Waals surface area (Å²) in [6.07, 6.45) is 1.87. The van der Waals surface area contributed by atoms with Crippen molar-refractivity contribution >= 4 is 17.0 Å². The summed E-state index contributed by atoms with van der Waals surface area (Å²) in [5.41, 5.74) is 4.56. The maximum absolute atomic E-state index is 13.6. The maximum atomic E-state index is 13.6. The average molecular weight is 432 g/mol. The number of carbonyl (C=O) groups excluding carboxylic acids is 1. The molecule has 5 rings (SSSR count). The Labute approximate surface area is 184 Å². The van der Waals surface area contributed by atoms with Crippen LogP contribution in [0.2, 0.25) is 0 Å². The van der Waals surface area contributed by atoms with Gasteiger partial charge in [-0.05, 0) is 78.4 Å². The number of hydrogen-bond acceptors (Lipinski definition) is 3. The van der Waals surface area contributed by atoms with Gasteiger partial charge in [-0.1, -0.05) is 24.3 Å². The molecule has 1 aliphatic heterocycles. The van der Waals surface area contributed by atoms with Gasteiger partial charge in [-0.15, -0.1) is 0 Å². The normalized spacial score (nSPS) is 16.1. The zero-order valence-electron chi connectivity index (χ0n) is 17.6. The van der Waals surface area contributed by atoms with Crippen LogP contribution in [0, 0.1) is 18.6 Å². The van der Waals surface area contributed by atoms with Crippen LogP contribution in [-0.4, -0.2) is 22.3 Å². The van der Waals surface area contributed by atoms with E-state index in [0.29, 0.717) is 29.1 Å². The van der Waals surface area contributed by atoms with Crippen LogP contribution in [0.25, 0.3) is 22.2 Å². The molecule has 1 amide bonds. The minimum atomic E-state index is -0.318. The number of nitrogens with zero attached hydrogens (tertiary/aromatic N) is 2. The largest absolute Gasteiger partial charge is 0.438 e. The number of likely N-dealkylation sites (tertiary alicyclic amines) is 1. The molecule has 0 N–H and O–H groups in total.